The van der Waals surface area contributed by atoms with Gasteiger partial charge in [0, 0.05) is 28.0 Å². The van der Waals surface area contributed by atoms with Crippen molar-refractivity contribution in [2.24, 2.45) is 0 Å². The van der Waals surface area contributed by atoms with E-state index in [1.807, 2.05) is 0 Å². The fraction of sp³-hybridized carbons (Fsp3) is 0.312. The SMILES string of the molecule is O=C1c2sc(C3CC3)cc2CN1Cc1ccc(Br)cc1F. The van der Waals surface area contributed by atoms with E-state index >= 15 is 0 Å². The van der Waals surface area contributed by atoms with E-state index in [0.29, 0.717) is 29.0 Å². The van der Waals surface area contributed by atoms with E-state index in [-0.39, 0.29) is 11.7 Å². The Morgan fingerprint density at radius 3 is 2.81 bits per heavy atom. The maximum absolute atomic E-state index is 13.9. The van der Waals surface area contributed by atoms with Crippen LogP contribution in [0, 0.1) is 5.82 Å². The van der Waals surface area contributed by atoms with Crippen molar-refractivity contribution in [2.75, 3.05) is 0 Å². The number of benzene rings is 1. The Morgan fingerprint density at radius 2 is 2.14 bits per heavy atom. The van der Waals surface area contributed by atoms with Crippen LogP contribution in [-0.2, 0) is 13.1 Å². The van der Waals surface area contributed by atoms with Gasteiger partial charge in [-0.25, -0.2) is 4.39 Å². The van der Waals surface area contributed by atoms with E-state index in [1.165, 1.54) is 23.8 Å². The lowest BCUT2D eigenvalue weighted by Gasteiger charge is -2.16. The summed E-state index contributed by atoms with van der Waals surface area (Å²) in [6.07, 6.45) is 2.50. The van der Waals surface area contributed by atoms with Crippen molar-refractivity contribution in [3.63, 3.8) is 0 Å². The summed E-state index contributed by atoms with van der Waals surface area (Å²) in [7, 11) is 0. The molecule has 1 aromatic heterocycles. The number of fused-ring (bicyclic) bond motifs is 1. The van der Waals surface area contributed by atoms with E-state index in [9.17, 15) is 9.18 Å². The lowest BCUT2D eigenvalue weighted by Crippen LogP contribution is -2.23. The van der Waals surface area contributed by atoms with Crippen LogP contribution in [0.4, 0.5) is 4.39 Å². The number of carbonyl (C=O) groups is 1. The highest BCUT2D eigenvalue weighted by atomic mass is 79.9. The molecule has 1 amide bonds. The smallest absolute Gasteiger partial charge is 0.264 e. The summed E-state index contributed by atoms with van der Waals surface area (Å²) in [6, 6.07) is 7.15. The molecule has 2 aromatic rings. The van der Waals surface area contributed by atoms with Crippen LogP contribution >= 0.6 is 27.3 Å². The first-order valence-corrected chi connectivity index (χ1v) is 8.58. The van der Waals surface area contributed by atoms with Crippen LogP contribution in [0.2, 0.25) is 0 Å². The molecule has 0 saturated heterocycles. The Hall–Kier alpha value is -1.20. The molecule has 108 valence electrons. The van der Waals surface area contributed by atoms with E-state index in [0.717, 1.165) is 10.4 Å². The standard InChI is InChI=1S/C16H13BrFNOS/c17-12-4-3-10(13(18)6-12)7-19-8-11-5-14(9-1-2-9)21-15(11)16(19)20/h3-6,9H,1-2,7-8H2. The highest BCUT2D eigenvalue weighted by Crippen LogP contribution is 2.46. The van der Waals surface area contributed by atoms with Gasteiger partial charge in [0.15, 0.2) is 0 Å². The van der Waals surface area contributed by atoms with Gasteiger partial charge in [0.2, 0.25) is 0 Å². The third-order valence-corrected chi connectivity index (χ3v) is 5.85. The third-order valence-electron chi connectivity index (χ3n) is 4.03. The molecule has 4 rings (SSSR count). The molecule has 2 heterocycles. The lowest BCUT2D eigenvalue weighted by atomic mass is 10.2. The summed E-state index contributed by atoms with van der Waals surface area (Å²) in [6.45, 7) is 0.936. The first-order chi connectivity index (χ1) is 10.1. The fourth-order valence-corrected chi connectivity index (χ4v) is 4.37. The summed E-state index contributed by atoms with van der Waals surface area (Å²) >= 11 is 4.88. The molecule has 2 aliphatic rings. The Morgan fingerprint density at radius 1 is 1.33 bits per heavy atom. The molecule has 1 saturated carbocycles. The minimum Gasteiger partial charge on any atom is -0.329 e. The van der Waals surface area contributed by atoms with Crippen molar-refractivity contribution in [1.82, 2.24) is 4.90 Å². The highest BCUT2D eigenvalue weighted by molar-refractivity contribution is 9.10. The Labute approximate surface area is 134 Å². The molecule has 0 spiro atoms. The number of hydrogen-bond donors (Lipinski definition) is 0. The van der Waals surface area contributed by atoms with Crippen LogP contribution in [0.5, 0.6) is 0 Å². The molecule has 5 heteroatoms. The van der Waals surface area contributed by atoms with E-state index < -0.39 is 0 Å². The van der Waals surface area contributed by atoms with Gasteiger partial charge >= 0.3 is 0 Å². The molecule has 1 aromatic carbocycles. The van der Waals surface area contributed by atoms with Crippen molar-refractivity contribution in [3.8, 4) is 0 Å². The summed E-state index contributed by atoms with van der Waals surface area (Å²) < 4.78 is 14.6. The van der Waals surface area contributed by atoms with E-state index in [2.05, 4.69) is 22.0 Å². The topological polar surface area (TPSA) is 20.3 Å². The lowest BCUT2D eigenvalue weighted by molar-refractivity contribution is 0.0768. The van der Waals surface area contributed by atoms with Crippen molar-refractivity contribution >= 4 is 33.2 Å². The second-order valence-corrected chi connectivity index (χ2v) is 7.67. The van der Waals surface area contributed by atoms with E-state index in [4.69, 9.17) is 0 Å². The van der Waals surface area contributed by atoms with Crippen LogP contribution in [0.25, 0.3) is 0 Å². The maximum Gasteiger partial charge on any atom is 0.264 e. The van der Waals surface area contributed by atoms with Gasteiger partial charge in [-0.1, -0.05) is 22.0 Å². The zero-order chi connectivity index (χ0) is 14.6. The summed E-state index contributed by atoms with van der Waals surface area (Å²) in [5, 5.41) is 0. The van der Waals surface area contributed by atoms with Crippen molar-refractivity contribution in [3.05, 3.63) is 55.4 Å². The number of halogens is 2. The third kappa shape index (κ3) is 2.42. The van der Waals surface area contributed by atoms with Crippen LogP contribution in [-0.4, -0.2) is 10.8 Å². The molecule has 0 unspecified atom stereocenters. The quantitative estimate of drug-likeness (QED) is 0.772. The molecular weight excluding hydrogens is 353 g/mol. The Bertz CT molecular complexity index is 738. The number of amides is 1. The zero-order valence-electron chi connectivity index (χ0n) is 11.2. The van der Waals surface area contributed by atoms with Crippen LogP contribution < -0.4 is 0 Å². The predicted octanol–water partition coefficient (Wildman–Crippen LogP) is 4.68. The molecule has 0 radical (unpaired) electrons. The monoisotopic (exact) mass is 365 g/mol. The average molecular weight is 366 g/mol. The van der Waals surface area contributed by atoms with Crippen molar-refractivity contribution in [1.29, 1.82) is 0 Å². The number of carbonyl (C=O) groups excluding carboxylic acids is 1. The normalized spacial score (nSPS) is 17.4. The first kappa shape index (κ1) is 13.5. The zero-order valence-corrected chi connectivity index (χ0v) is 13.6. The largest absolute Gasteiger partial charge is 0.329 e. The van der Waals surface area contributed by atoms with Crippen molar-refractivity contribution < 1.29 is 9.18 Å². The Kier molecular flexibility index (Phi) is 3.15. The molecule has 0 atom stereocenters. The average Bonchev–Trinajstić information content (AvgIpc) is 3.15. The minimum absolute atomic E-state index is 0.0456. The van der Waals surface area contributed by atoms with Crippen molar-refractivity contribution in [2.45, 2.75) is 31.8 Å². The van der Waals surface area contributed by atoms with Crippen LogP contribution in [0.15, 0.2) is 28.7 Å². The molecular formula is C16H13BrFNOS. The van der Waals surface area contributed by atoms with Gasteiger partial charge < -0.3 is 4.90 Å². The van der Waals surface area contributed by atoms with Gasteiger partial charge in [-0.3, -0.25) is 4.79 Å². The van der Waals surface area contributed by atoms with Gasteiger partial charge in [-0.2, -0.15) is 0 Å². The number of hydrogen-bond acceptors (Lipinski definition) is 2. The molecule has 0 N–H and O–H groups in total. The van der Waals surface area contributed by atoms with E-state index in [1.54, 1.807) is 28.4 Å². The summed E-state index contributed by atoms with van der Waals surface area (Å²) in [5.41, 5.74) is 1.67. The second-order valence-electron chi connectivity index (χ2n) is 5.67. The first-order valence-electron chi connectivity index (χ1n) is 6.97. The number of nitrogens with zero attached hydrogens (tertiary/aromatic N) is 1. The molecule has 1 aliphatic heterocycles. The van der Waals surface area contributed by atoms with Crippen LogP contribution in [0.3, 0.4) is 0 Å². The molecule has 2 nitrogen and oxygen atoms in total. The maximum atomic E-state index is 13.9. The predicted molar refractivity (Wildman–Crippen MR) is 84.0 cm³/mol. The van der Waals surface area contributed by atoms with Gasteiger partial charge in [0.25, 0.3) is 5.91 Å². The van der Waals surface area contributed by atoms with Gasteiger partial charge in [-0.15, -0.1) is 11.3 Å². The Balaban J connectivity index is 1.55. The molecule has 1 aliphatic carbocycles. The van der Waals surface area contributed by atoms with Crippen LogP contribution in [0.1, 0.15) is 44.4 Å². The van der Waals surface area contributed by atoms with Gasteiger partial charge in [0.1, 0.15) is 5.82 Å². The minimum atomic E-state index is -0.272. The number of rotatable bonds is 3. The summed E-state index contributed by atoms with van der Waals surface area (Å²) in [5.74, 6) is 0.459. The van der Waals surface area contributed by atoms with Gasteiger partial charge in [0.05, 0.1) is 4.88 Å². The highest BCUT2D eigenvalue weighted by Gasteiger charge is 2.34. The summed E-state index contributed by atoms with van der Waals surface area (Å²) in [4.78, 5) is 16.4. The molecule has 21 heavy (non-hydrogen) atoms. The molecule has 0 bridgehead atoms. The fourth-order valence-electron chi connectivity index (χ4n) is 2.72. The van der Waals surface area contributed by atoms with Gasteiger partial charge in [-0.05, 0) is 42.5 Å². The number of thiophene rings is 1. The molecule has 1 fully saturated rings. The second kappa shape index (κ2) is 4.92.